The first kappa shape index (κ1) is 15.7. The number of hydrogen-bond acceptors (Lipinski definition) is 5. The van der Waals surface area contributed by atoms with Crippen LogP contribution in [0.3, 0.4) is 0 Å². The predicted octanol–water partition coefficient (Wildman–Crippen LogP) is 0.918. The van der Waals surface area contributed by atoms with Crippen molar-refractivity contribution in [3.8, 4) is 0 Å². The first-order chi connectivity index (χ1) is 9.28. The Morgan fingerprint density at radius 2 is 1.90 bits per heavy atom. The molecule has 0 spiro atoms. The highest BCUT2D eigenvalue weighted by atomic mass is 16.6. The van der Waals surface area contributed by atoms with Crippen LogP contribution >= 0.6 is 0 Å². The van der Waals surface area contributed by atoms with Crippen LogP contribution in [0.25, 0.3) is 0 Å². The standard InChI is InChI=1S/C13H20N4O3/c1-13(2,3)20-12(19)16-7-6-15-11(18)10-5-4-9(14)8-17-10/h4-5,8H,6-7,14H2,1-3H3,(H,15,18)(H,16,19). The lowest BCUT2D eigenvalue weighted by Crippen LogP contribution is -2.38. The van der Waals surface area contributed by atoms with Crippen molar-refractivity contribution in [2.24, 2.45) is 0 Å². The fourth-order valence-corrected chi connectivity index (χ4v) is 1.28. The van der Waals surface area contributed by atoms with Crippen molar-refractivity contribution in [3.63, 3.8) is 0 Å². The molecule has 0 saturated carbocycles. The smallest absolute Gasteiger partial charge is 0.407 e. The lowest BCUT2D eigenvalue weighted by Gasteiger charge is -2.19. The molecule has 0 radical (unpaired) electrons. The molecule has 0 aliphatic rings. The van der Waals surface area contributed by atoms with E-state index < -0.39 is 11.7 Å². The van der Waals surface area contributed by atoms with Crippen molar-refractivity contribution >= 4 is 17.7 Å². The Morgan fingerprint density at radius 1 is 1.25 bits per heavy atom. The number of alkyl carbamates (subject to hydrolysis) is 1. The van der Waals surface area contributed by atoms with E-state index >= 15 is 0 Å². The normalized spacial score (nSPS) is 10.8. The lowest BCUT2D eigenvalue weighted by molar-refractivity contribution is 0.0526. The Kier molecular flexibility index (Phi) is 5.31. The maximum absolute atomic E-state index is 11.7. The van der Waals surface area contributed by atoms with Crippen molar-refractivity contribution in [1.82, 2.24) is 15.6 Å². The van der Waals surface area contributed by atoms with Gasteiger partial charge in [-0.05, 0) is 32.9 Å². The summed E-state index contributed by atoms with van der Waals surface area (Å²) in [5.41, 5.74) is 5.70. The average Bonchev–Trinajstić information content (AvgIpc) is 2.33. The van der Waals surface area contributed by atoms with Crippen molar-refractivity contribution in [3.05, 3.63) is 24.0 Å². The topological polar surface area (TPSA) is 106 Å². The summed E-state index contributed by atoms with van der Waals surface area (Å²) in [4.78, 5) is 26.9. The Labute approximate surface area is 117 Å². The van der Waals surface area contributed by atoms with Crippen LogP contribution in [0.4, 0.5) is 10.5 Å². The molecule has 0 saturated heterocycles. The van der Waals surface area contributed by atoms with Crippen molar-refractivity contribution in [2.45, 2.75) is 26.4 Å². The summed E-state index contributed by atoms with van der Waals surface area (Å²) < 4.78 is 5.05. The number of nitrogen functional groups attached to an aromatic ring is 1. The summed E-state index contributed by atoms with van der Waals surface area (Å²) in [6, 6.07) is 3.13. The van der Waals surface area contributed by atoms with Gasteiger partial charge in [-0.3, -0.25) is 4.79 Å². The fourth-order valence-electron chi connectivity index (χ4n) is 1.28. The predicted molar refractivity (Wildman–Crippen MR) is 75.2 cm³/mol. The summed E-state index contributed by atoms with van der Waals surface area (Å²) in [5, 5.41) is 5.16. The molecular weight excluding hydrogens is 260 g/mol. The van der Waals surface area contributed by atoms with E-state index in [0.29, 0.717) is 5.69 Å². The fraction of sp³-hybridized carbons (Fsp3) is 0.462. The number of hydrogen-bond donors (Lipinski definition) is 3. The molecule has 20 heavy (non-hydrogen) atoms. The van der Waals surface area contributed by atoms with E-state index in [4.69, 9.17) is 10.5 Å². The van der Waals surface area contributed by atoms with E-state index in [0.717, 1.165) is 0 Å². The second-order valence-corrected chi connectivity index (χ2v) is 5.16. The van der Waals surface area contributed by atoms with Gasteiger partial charge < -0.3 is 21.1 Å². The van der Waals surface area contributed by atoms with Gasteiger partial charge in [0, 0.05) is 13.1 Å². The van der Waals surface area contributed by atoms with Gasteiger partial charge in [0.1, 0.15) is 11.3 Å². The summed E-state index contributed by atoms with van der Waals surface area (Å²) in [5.74, 6) is -0.323. The molecule has 1 heterocycles. The zero-order chi connectivity index (χ0) is 15.2. The lowest BCUT2D eigenvalue weighted by atomic mass is 10.2. The van der Waals surface area contributed by atoms with Gasteiger partial charge >= 0.3 is 6.09 Å². The summed E-state index contributed by atoms with van der Waals surface area (Å²) in [6.07, 6.45) is 0.894. The van der Waals surface area contributed by atoms with Crippen molar-refractivity contribution in [1.29, 1.82) is 0 Å². The molecule has 7 heteroatoms. The average molecular weight is 280 g/mol. The number of amides is 2. The molecule has 0 unspecified atom stereocenters. The third-order valence-electron chi connectivity index (χ3n) is 2.10. The molecule has 0 aliphatic heterocycles. The molecule has 4 N–H and O–H groups in total. The molecule has 7 nitrogen and oxygen atoms in total. The van der Waals surface area contributed by atoms with Gasteiger partial charge in [-0.1, -0.05) is 0 Å². The minimum absolute atomic E-state index is 0.273. The minimum Gasteiger partial charge on any atom is -0.444 e. The van der Waals surface area contributed by atoms with Crippen LogP contribution in [-0.2, 0) is 4.74 Å². The molecule has 0 aliphatic carbocycles. The molecular formula is C13H20N4O3. The molecule has 0 aromatic carbocycles. The second kappa shape index (κ2) is 6.74. The van der Waals surface area contributed by atoms with E-state index in [1.165, 1.54) is 12.3 Å². The molecule has 2 amide bonds. The van der Waals surface area contributed by atoms with E-state index in [1.54, 1.807) is 26.8 Å². The van der Waals surface area contributed by atoms with E-state index in [-0.39, 0.29) is 24.7 Å². The summed E-state index contributed by atoms with van der Waals surface area (Å²) in [7, 11) is 0. The Hall–Kier alpha value is -2.31. The van der Waals surface area contributed by atoms with Gasteiger partial charge in [0.15, 0.2) is 0 Å². The van der Waals surface area contributed by atoms with Gasteiger partial charge in [0.05, 0.1) is 11.9 Å². The number of carbonyl (C=O) groups is 2. The Bertz CT molecular complexity index is 465. The zero-order valence-corrected chi connectivity index (χ0v) is 11.9. The van der Waals surface area contributed by atoms with Crippen LogP contribution in [0.2, 0.25) is 0 Å². The van der Waals surface area contributed by atoms with Gasteiger partial charge in [-0.15, -0.1) is 0 Å². The van der Waals surface area contributed by atoms with Crippen molar-refractivity contribution < 1.29 is 14.3 Å². The van der Waals surface area contributed by atoms with E-state index in [9.17, 15) is 9.59 Å². The maximum Gasteiger partial charge on any atom is 0.407 e. The summed E-state index contributed by atoms with van der Waals surface area (Å²) in [6.45, 7) is 5.89. The molecule has 1 aromatic rings. The van der Waals surface area contributed by atoms with Gasteiger partial charge in [-0.25, -0.2) is 9.78 Å². The third kappa shape index (κ3) is 6.03. The number of carbonyl (C=O) groups excluding carboxylic acids is 2. The van der Waals surface area contributed by atoms with Crippen LogP contribution < -0.4 is 16.4 Å². The van der Waals surface area contributed by atoms with Crippen LogP contribution in [0.15, 0.2) is 18.3 Å². The van der Waals surface area contributed by atoms with Gasteiger partial charge in [0.25, 0.3) is 5.91 Å². The SMILES string of the molecule is CC(C)(C)OC(=O)NCCNC(=O)c1ccc(N)cn1. The monoisotopic (exact) mass is 280 g/mol. The number of aromatic nitrogens is 1. The first-order valence-corrected chi connectivity index (χ1v) is 6.24. The highest BCUT2D eigenvalue weighted by Gasteiger charge is 2.15. The number of nitrogens with zero attached hydrogens (tertiary/aromatic N) is 1. The number of rotatable bonds is 4. The minimum atomic E-state index is -0.540. The molecule has 0 bridgehead atoms. The van der Waals surface area contributed by atoms with Crippen LogP contribution in [0.1, 0.15) is 31.3 Å². The van der Waals surface area contributed by atoms with Crippen LogP contribution in [-0.4, -0.2) is 35.7 Å². The quantitative estimate of drug-likeness (QED) is 0.711. The first-order valence-electron chi connectivity index (χ1n) is 6.24. The number of ether oxygens (including phenoxy) is 1. The van der Waals surface area contributed by atoms with Crippen LogP contribution in [0.5, 0.6) is 0 Å². The van der Waals surface area contributed by atoms with Crippen molar-refractivity contribution in [2.75, 3.05) is 18.8 Å². The molecule has 110 valence electrons. The Balaban J connectivity index is 2.26. The second-order valence-electron chi connectivity index (χ2n) is 5.16. The van der Waals surface area contributed by atoms with E-state index in [2.05, 4.69) is 15.6 Å². The number of nitrogens with one attached hydrogen (secondary N) is 2. The number of pyridine rings is 1. The zero-order valence-electron chi connectivity index (χ0n) is 11.9. The number of anilines is 1. The molecule has 1 rings (SSSR count). The summed E-state index contributed by atoms with van der Waals surface area (Å²) >= 11 is 0. The molecule has 0 atom stereocenters. The highest BCUT2D eigenvalue weighted by molar-refractivity contribution is 5.92. The maximum atomic E-state index is 11.7. The van der Waals surface area contributed by atoms with Gasteiger partial charge in [0.2, 0.25) is 0 Å². The number of nitrogens with two attached hydrogens (primary N) is 1. The van der Waals surface area contributed by atoms with E-state index in [1.807, 2.05) is 0 Å². The molecule has 1 aromatic heterocycles. The third-order valence-corrected chi connectivity index (χ3v) is 2.10. The van der Waals surface area contributed by atoms with Crippen LogP contribution in [0, 0.1) is 0 Å². The highest BCUT2D eigenvalue weighted by Crippen LogP contribution is 2.06. The molecule has 0 fully saturated rings. The largest absolute Gasteiger partial charge is 0.444 e. The Morgan fingerprint density at radius 3 is 2.45 bits per heavy atom. The van der Waals surface area contributed by atoms with Gasteiger partial charge in [-0.2, -0.15) is 0 Å².